The van der Waals surface area contributed by atoms with Gasteiger partial charge in [0.2, 0.25) is 5.91 Å². The number of aromatic nitrogens is 2. The number of hydrogen-bond acceptors (Lipinski definition) is 4. The first-order chi connectivity index (χ1) is 7.26. The summed E-state index contributed by atoms with van der Waals surface area (Å²) >= 11 is 1.28. The third kappa shape index (κ3) is 4.04. The second kappa shape index (κ2) is 6.09. The molecule has 80 valence electrons. The molecule has 0 atom stereocenters. The Morgan fingerprint density at radius 1 is 1.80 bits per heavy atom. The summed E-state index contributed by atoms with van der Waals surface area (Å²) in [5.41, 5.74) is 0.981. The minimum Gasteiger partial charge on any atom is -0.308 e. The minimum atomic E-state index is -0.135. The van der Waals surface area contributed by atoms with Gasteiger partial charge in [-0.15, -0.1) is 11.8 Å². The van der Waals surface area contributed by atoms with E-state index in [1.54, 1.807) is 6.07 Å². The monoisotopic (exact) mass is 224 g/mol. The molecule has 1 aromatic heterocycles. The summed E-state index contributed by atoms with van der Waals surface area (Å²) in [6, 6.07) is 3.76. The zero-order chi connectivity index (χ0) is 11.1. The van der Waals surface area contributed by atoms with Crippen molar-refractivity contribution in [3.63, 3.8) is 0 Å². The Morgan fingerprint density at radius 2 is 2.60 bits per heavy atom. The molecule has 0 aliphatic rings. The van der Waals surface area contributed by atoms with Gasteiger partial charge in [0.1, 0.15) is 0 Å². The lowest BCUT2D eigenvalue weighted by molar-refractivity contribution is -0.113. The number of hydrogen-bond donors (Lipinski definition) is 2. The van der Waals surface area contributed by atoms with Crippen molar-refractivity contribution >= 4 is 23.5 Å². The van der Waals surface area contributed by atoms with Crippen LogP contribution in [0.3, 0.4) is 0 Å². The predicted octanol–water partition coefficient (Wildman–Crippen LogP) is 1.17. The topological polar surface area (TPSA) is 81.6 Å². The van der Waals surface area contributed by atoms with Crippen molar-refractivity contribution in [3.8, 4) is 6.07 Å². The van der Waals surface area contributed by atoms with Gasteiger partial charge in [-0.2, -0.15) is 10.4 Å². The fraction of sp³-hybridized carbons (Fsp3) is 0.444. The summed E-state index contributed by atoms with van der Waals surface area (Å²) in [5.74, 6) is 1.01. The number of aromatic amines is 1. The molecule has 0 bridgehead atoms. The zero-order valence-electron chi connectivity index (χ0n) is 8.41. The molecule has 1 amide bonds. The summed E-state index contributed by atoms with van der Waals surface area (Å²) in [6.45, 7) is 2.00. The Hall–Kier alpha value is -1.48. The van der Waals surface area contributed by atoms with Crippen LogP contribution in [0.4, 0.5) is 5.82 Å². The Kier molecular flexibility index (Phi) is 4.71. The maximum atomic E-state index is 11.3. The van der Waals surface area contributed by atoms with E-state index in [9.17, 15) is 4.79 Å². The lowest BCUT2D eigenvalue weighted by Gasteiger charge is -1.98. The van der Waals surface area contributed by atoms with Crippen molar-refractivity contribution in [1.82, 2.24) is 10.2 Å². The van der Waals surface area contributed by atoms with E-state index in [1.807, 2.05) is 13.0 Å². The van der Waals surface area contributed by atoms with Gasteiger partial charge in [-0.25, -0.2) is 0 Å². The first-order valence-corrected chi connectivity index (χ1v) is 5.70. The van der Waals surface area contributed by atoms with Crippen LogP contribution in [0.2, 0.25) is 0 Å². The lowest BCUT2D eigenvalue weighted by Crippen LogP contribution is -2.14. The summed E-state index contributed by atoms with van der Waals surface area (Å²) in [6.07, 6.45) is 0.853. The van der Waals surface area contributed by atoms with Crippen LogP contribution in [0.5, 0.6) is 0 Å². The van der Waals surface area contributed by atoms with E-state index in [1.165, 1.54) is 11.8 Å². The van der Waals surface area contributed by atoms with Gasteiger partial charge in [-0.1, -0.05) is 6.92 Å². The summed E-state index contributed by atoms with van der Waals surface area (Å²) in [7, 11) is 0. The number of nitrogens with zero attached hydrogens (tertiary/aromatic N) is 2. The number of amides is 1. The highest BCUT2D eigenvalue weighted by Gasteiger charge is 2.04. The van der Waals surface area contributed by atoms with Gasteiger partial charge < -0.3 is 5.32 Å². The van der Waals surface area contributed by atoms with Gasteiger partial charge in [0.05, 0.1) is 17.6 Å². The summed E-state index contributed by atoms with van der Waals surface area (Å²) < 4.78 is 0. The van der Waals surface area contributed by atoms with Crippen molar-refractivity contribution < 1.29 is 4.79 Å². The molecule has 2 N–H and O–H groups in total. The SMILES string of the molecule is CCc1cc(NC(=O)CSCC#N)n[nH]1. The fourth-order valence-corrected chi connectivity index (χ4v) is 1.43. The Labute approximate surface area is 92.2 Å². The molecule has 0 aliphatic heterocycles. The van der Waals surface area contributed by atoms with E-state index in [0.29, 0.717) is 11.6 Å². The normalized spacial score (nSPS) is 9.60. The highest BCUT2D eigenvalue weighted by atomic mass is 32.2. The van der Waals surface area contributed by atoms with E-state index < -0.39 is 0 Å². The van der Waals surface area contributed by atoms with Crippen molar-refractivity contribution in [3.05, 3.63) is 11.8 Å². The minimum absolute atomic E-state index is 0.135. The number of carbonyl (C=O) groups excluding carboxylic acids is 1. The smallest absolute Gasteiger partial charge is 0.235 e. The largest absolute Gasteiger partial charge is 0.308 e. The molecule has 6 heteroatoms. The number of nitriles is 1. The third-order valence-corrected chi connectivity index (χ3v) is 2.48. The molecule has 0 spiro atoms. The molecule has 15 heavy (non-hydrogen) atoms. The number of aryl methyl sites for hydroxylation is 1. The van der Waals surface area contributed by atoms with Crippen LogP contribution in [0.15, 0.2) is 6.07 Å². The average Bonchev–Trinajstić information content (AvgIpc) is 2.66. The molecule has 1 heterocycles. The molecular weight excluding hydrogens is 212 g/mol. The van der Waals surface area contributed by atoms with Crippen LogP contribution < -0.4 is 5.32 Å². The summed E-state index contributed by atoms with van der Waals surface area (Å²) in [4.78, 5) is 11.3. The molecule has 1 aromatic rings. The third-order valence-electron chi connectivity index (χ3n) is 1.68. The molecule has 0 radical (unpaired) electrons. The second-order valence-corrected chi connectivity index (χ2v) is 3.82. The van der Waals surface area contributed by atoms with Gasteiger partial charge in [-0.05, 0) is 6.42 Å². The summed E-state index contributed by atoms with van der Waals surface area (Å²) in [5, 5.41) is 17.7. The maximum Gasteiger partial charge on any atom is 0.235 e. The van der Waals surface area contributed by atoms with E-state index in [4.69, 9.17) is 5.26 Å². The molecule has 0 aliphatic carbocycles. The first-order valence-electron chi connectivity index (χ1n) is 4.55. The average molecular weight is 224 g/mol. The molecule has 0 saturated heterocycles. The maximum absolute atomic E-state index is 11.3. The van der Waals surface area contributed by atoms with E-state index in [0.717, 1.165) is 12.1 Å². The molecular formula is C9H12N4OS. The van der Waals surface area contributed by atoms with Gasteiger partial charge >= 0.3 is 0 Å². The van der Waals surface area contributed by atoms with Crippen molar-refractivity contribution in [2.45, 2.75) is 13.3 Å². The quantitative estimate of drug-likeness (QED) is 0.735. The van der Waals surface area contributed by atoms with Crippen molar-refractivity contribution in [1.29, 1.82) is 5.26 Å². The number of rotatable bonds is 5. The Morgan fingerprint density at radius 3 is 3.20 bits per heavy atom. The number of thioether (sulfide) groups is 1. The number of H-pyrrole nitrogens is 1. The fourth-order valence-electron chi connectivity index (χ4n) is 0.975. The second-order valence-electron chi connectivity index (χ2n) is 2.83. The number of carbonyl (C=O) groups is 1. The van der Waals surface area contributed by atoms with E-state index in [2.05, 4.69) is 15.5 Å². The molecule has 0 aromatic carbocycles. The standard InChI is InChI=1S/C9H12N4OS/c1-2-7-5-8(13-12-7)11-9(14)6-15-4-3-10/h5H,2,4,6H2,1H3,(H2,11,12,13,14). The van der Waals surface area contributed by atoms with Crippen LogP contribution in [0.1, 0.15) is 12.6 Å². The zero-order valence-corrected chi connectivity index (χ0v) is 9.23. The molecule has 5 nitrogen and oxygen atoms in total. The van der Waals surface area contributed by atoms with Crippen molar-refractivity contribution in [2.75, 3.05) is 16.8 Å². The van der Waals surface area contributed by atoms with Gasteiger partial charge in [0.15, 0.2) is 5.82 Å². The van der Waals surface area contributed by atoms with Crippen molar-refractivity contribution in [2.24, 2.45) is 0 Å². The highest BCUT2D eigenvalue weighted by molar-refractivity contribution is 8.00. The van der Waals surface area contributed by atoms with Crippen LogP contribution in [-0.4, -0.2) is 27.6 Å². The number of nitrogens with one attached hydrogen (secondary N) is 2. The highest BCUT2D eigenvalue weighted by Crippen LogP contribution is 2.06. The van der Waals surface area contributed by atoms with Crippen LogP contribution >= 0.6 is 11.8 Å². The Balaban J connectivity index is 2.34. The molecule has 0 unspecified atom stereocenters. The molecule has 0 saturated carbocycles. The lowest BCUT2D eigenvalue weighted by atomic mass is 10.3. The van der Waals surface area contributed by atoms with E-state index >= 15 is 0 Å². The van der Waals surface area contributed by atoms with Crippen LogP contribution in [-0.2, 0) is 11.2 Å². The first kappa shape index (κ1) is 11.6. The predicted molar refractivity (Wildman–Crippen MR) is 59.5 cm³/mol. The number of anilines is 1. The van der Waals surface area contributed by atoms with Gasteiger partial charge in [-0.3, -0.25) is 9.89 Å². The molecule has 1 rings (SSSR count). The Bertz CT molecular complexity index is 368. The molecule has 0 fully saturated rings. The van der Waals surface area contributed by atoms with E-state index in [-0.39, 0.29) is 11.7 Å². The van der Waals surface area contributed by atoms with Gasteiger partial charge in [0.25, 0.3) is 0 Å². The van der Waals surface area contributed by atoms with Crippen LogP contribution in [0, 0.1) is 11.3 Å². The van der Waals surface area contributed by atoms with Crippen LogP contribution in [0.25, 0.3) is 0 Å². The van der Waals surface area contributed by atoms with Gasteiger partial charge in [0, 0.05) is 11.8 Å².